The SMILES string of the molecule is O=C(Nc1cccc(Cl)c1)c1ccc2c(c1)CC(c1ccccc1)OC2=O. The number of esters is 1. The van der Waals surface area contributed by atoms with E-state index >= 15 is 0 Å². The Hall–Kier alpha value is -3.11. The first-order valence-electron chi connectivity index (χ1n) is 8.56. The Kier molecular flexibility index (Phi) is 4.65. The lowest BCUT2D eigenvalue weighted by atomic mass is 9.93. The Morgan fingerprint density at radius 1 is 1.00 bits per heavy atom. The van der Waals surface area contributed by atoms with Crippen molar-refractivity contribution in [2.75, 3.05) is 5.32 Å². The Morgan fingerprint density at radius 2 is 1.81 bits per heavy atom. The average Bonchev–Trinajstić information content (AvgIpc) is 2.68. The standard InChI is InChI=1S/C22H16ClNO3/c23-17-7-4-8-18(13-17)24-21(25)15-9-10-19-16(11-15)12-20(27-22(19)26)14-5-2-1-3-6-14/h1-11,13,20H,12H2,(H,24,25). The third kappa shape index (κ3) is 3.71. The molecule has 0 fully saturated rings. The fourth-order valence-electron chi connectivity index (χ4n) is 3.16. The van der Waals surface area contributed by atoms with Gasteiger partial charge in [0.1, 0.15) is 6.10 Å². The molecule has 0 aromatic heterocycles. The second-order valence-electron chi connectivity index (χ2n) is 6.35. The second-order valence-corrected chi connectivity index (χ2v) is 6.78. The van der Waals surface area contributed by atoms with E-state index in [-0.39, 0.29) is 18.0 Å². The topological polar surface area (TPSA) is 55.4 Å². The summed E-state index contributed by atoms with van der Waals surface area (Å²) in [5.74, 6) is -0.623. The van der Waals surface area contributed by atoms with Crippen molar-refractivity contribution in [3.8, 4) is 0 Å². The molecule has 0 radical (unpaired) electrons. The summed E-state index contributed by atoms with van der Waals surface area (Å²) in [6.07, 6.45) is 0.182. The number of rotatable bonds is 3. The molecule has 0 saturated carbocycles. The maximum Gasteiger partial charge on any atom is 0.339 e. The lowest BCUT2D eigenvalue weighted by molar-refractivity contribution is 0.0252. The Morgan fingerprint density at radius 3 is 2.59 bits per heavy atom. The number of hydrogen-bond acceptors (Lipinski definition) is 3. The molecule has 1 N–H and O–H groups in total. The molecule has 1 aliphatic heterocycles. The van der Waals surface area contributed by atoms with Gasteiger partial charge in [0.05, 0.1) is 5.56 Å². The molecule has 1 atom stereocenters. The van der Waals surface area contributed by atoms with Crippen LogP contribution in [-0.2, 0) is 11.2 Å². The minimum atomic E-state index is -0.369. The summed E-state index contributed by atoms with van der Waals surface area (Å²) >= 11 is 5.96. The minimum absolute atomic E-state index is 0.254. The number of nitrogens with one attached hydrogen (secondary N) is 1. The van der Waals surface area contributed by atoms with Gasteiger partial charge in [-0.15, -0.1) is 0 Å². The lowest BCUT2D eigenvalue weighted by Crippen LogP contribution is -2.23. The lowest BCUT2D eigenvalue weighted by Gasteiger charge is -2.25. The van der Waals surface area contributed by atoms with Crippen molar-refractivity contribution < 1.29 is 14.3 Å². The summed E-state index contributed by atoms with van der Waals surface area (Å²) < 4.78 is 5.55. The molecule has 134 valence electrons. The van der Waals surface area contributed by atoms with Crippen LogP contribution in [0.4, 0.5) is 5.69 Å². The van der Waals surface area contributed by atoms with Crippen molar-refractivity contribution >= 4 is 29.2 Å². The van der Waals surface area contributed by atoms with Gasteiger partial charge in [-0.1, -0.05) is 48.0 Å². The van der Waals surface area contributed by atoms with E-state index in [1.54, 1.807) is 42.5 Å². The first-order chi connectivity index (χ1) is 13.1. The number of carbonyl (C=O) groups excluding carboxylic acids is 2. The van der Waals surface area contributed by atoms with E-state index < -0.39 is 0 Å². The van der Waals surface area contributed by atoms with Gasteiger partial charge in [0.25, 0.3) is 5.91 Å². The molecule has 0 saturated heterocycles. The van der Waals surface area contributed by atoms with Crippen molar-refractivity contribution in [1.29, 1.82) is 0 Å². The average molecular weight is 378 g/mol. The summed E-state index contributed by atoms with van der Waals surface area (Å²) in [5.41, 5.74) is 3.34. The third-order valence-electron chi connectivity index (χ3n) is 4.50. The van der Waals surface area contributed by atoms with E-state index in [4.69, 9.17) is 16.3 Å². The van der Waals surface area contributed by atoms with Crippen molar-refractivity contribution in [2.45, 2.75) is 12.5 Å². The smallest absolute Gasteiger partial charge is 0.339 e. The van der Waals surface area contributed by atoms with Crippen molar-refractivity contribution in [3.63, 3.8) is 0 Å². The molecule has 1 aliphatic rings. The number of fused-ring (bicyclic) bond motifs is 1. The van der Waals surface area contributed by atoms with Gasteiger partial charge in [0.2, 0.25) is 0 Å². The molecular weight excluding hydrogens is 362 g/mol. The van der Waals surface area contributed by atoms with Gasteiger partial charge in [-0.3, -0.25) is 4.79 Å². The maximum atomic E-state index is 12.6. The van der Waals surface area contributed by atoms with Crippen LogP contribution >= 0.6 is 11.6 Å². The molecule has 4 nitrogen and oxygen atoms in total. The number of ether oxygens (including phenoxy) is 1. The summed E-state index contributed by atoms with van der Waals surface area (Å²) in [4.78, 5) is 24.9. The van der Waals surface area contributed by atoms with Gasteiger partial charge < -0.3 is 10.1 Å². The highest BCUT2D eigenvalue weighted by molar-refractivity contribution is 6.31. The van der Waals surface area contributed by atoms with E-state index in [0.717, 1.165) is 11.1 Å². The number of hydrogen-bond donors (Lipinski definition) is 1. The third-order valence-corrected chi connectivity index (χ3v) is 4.73. The van der Waals surface area contributed by atoms with E-state index in [9.17, 15) is 9.59 Å². The van der Waals surface area contributed by atoms with E-state index in [1.807, 2.05) is 30.3 Å². The van der Waals surface area contributed by atoms with Gasteiger partial charge in [-0.25, -0.2) is 4.79 Å². The fourth-order valence-corrected chi connectivity index (χ4v) is 3.35. The number of amides is 1. The Balaban J connectivity index is 1.59. The van der Waals surface area contributed by atoms with E-state index in [0.29, 0.717) is 28.3 Å². The zero-order valence-electron chi connectivity index (χ0n) is 14.3. The first kappa shape index (κ1) is 17.3. The number of benzene rings is 3. The summed E-state index contributed by atoms with van der Waals surface area (Å²) in [7, 11) is 0. The summed E-state index contributed by atoms with van der Waals surface area (Å²) in [5, 5.41) is 3.37. The molecule has 1 unspecified atom stereocenters. The Labute approximate surface area is 161 Å². The van der Waals surface area contributed by atoms with Gasteiger partial charge >= 0.3 is 5.97 Å². The molecule has 27 heavy (non-hydrogen) atoms. The number of carbonyl (C=O) groups is 2. The van der Waals surface area contributed by atoms with Crippen LogP contribution in [0.3, 0.4) is 0 Å². The highest BCUT2D eigenvalue weighted by atomic mass is 35.5. The normalized spacial score (nSPS) is 15.6. The Bertz CT molecular complexity index is 1020. The van der Waals surface area contributed by atoms with Crippen molar-refractivity contribution in [2.24, 2.45) is 0 Å². The predicted molar refractivity (Wildman–Crippen MR) is 104 cm³/mol. The molecule has 3 aromatic rings. The summed E-state index contributed by atoms with van der Waals surface area (Å²) in [6, 6.07) is 21.6. The molecule has 0 bridgehead atoms. The largest absolute Gasteiger partial charge is 0.454 e. The zero-order valence-corrected chi connectivity index (χ0v) is 15.1. The molecule has 3 aromatic carbocycles. The zero-order chi connectivity index (χ0) is 18.8. The van der Waals surface area contributed by atoms with Crippen molar-refractivity contribution in [1.82, 2.24) is 0 Å². The van der Waals surface area contributed by atoms with Crippen LogP contribution in [0.25, 0.3) is 0 Å². The molecule has 5 heteroatoms. The van der Waals surface area contributed by atoms with Gasteiger partial charge in [0.15, 0.2) is 0 Å². The monoisotopic (exact) mass is 377 g/mol. The molecule has 4 rings (SSSR count). The highest BCUT2D eigenvalue weighted by Gasteiger charge is 2.28. The van der Waals surface area contributed by atoms with Crippen LogP contribution in [0.5, 0.6) is 0 Å². The number of cyclic esters (lactones) is 1. The summed E-state index contributed by atoms with van der Waals surface area (Å²) in [6.45, 7) is 0. The first-order valence-corrected chi connectivity index (χ1v) is 8.94. The highest BCUT2D eigenvalue weighted by Crippen LogP contribution is 2.31. The van der Waals surface area contributed by atoms with Gasteiger partial charge in [0, 0.05) is 22.7 Å². The maximum absolute atomic E-state index is 12.6. The van der Waals surface area contributed by atoms with Gasteiger partial charge in [-0.05, 0) is 47.5 Å². The molecule has 1 heterocycles. The van der Waals surface area contributed by atoms with E-state index in [1.165, 1.54) is 0 Å². The quantitative estimate of drug-likeness (QED) is 0.650. The van der Waals surface area contributed by atoms with Crippen molar-refractivity contribution in [3.05, 3.63) is 100 Å². The number of halogens is 1. The minimum Gasteiger partial charge on any atom is -0.454 e. The van der Waals surface area contributed by atoms with Crippen LogP contribution in [-0.4, -0.2) is 11.9 Å². The predicted octanol–water partition coefficient (Wildman–Crippen LogP) is 5.05. The number of anilines is 1. The molecule has 0 aliphatic carbocycles. The molecular formula is C22H16ClNO3. The van der Waals surface area contributed by atoms with Crippen LogP contribution in [0.15, 0.2) is 72.8 Å². The van der Waals surface area contributed by atoms with Crippen LogP contribution < -0.4 is 5.32 Å². The van der Waals surface area contributed by atoms with Crippen LogP contribution in [0.2, 0.25) is 5.02 Å². The van der Waals surface area contributed by atoms with Crippen LogP contribution in [0.1, 0.15) is 37.9 Å². The molecule has 0 spiro atoms. The molecule has 1 amide bonds. The van der Waals surface area contributed by atoms with Crippen LogP contribution in [0, 0.1) is 0 Å². The second kappa shape index (κ2) is 7.25. The van der Waals surface area contributed by atoms with E-state index in [2.05, 4.69) is 5.32 Å². The van der Waals surface area contributed by atoms with Gasteiger partial charge in [-0.2, -0.15) is 0 Å². The fraction of sp³-hybridized carbons (Fsp3) is 0.0909.